The fourth-order valence-electron chi connectivity index (χ4n) is 2.66. The van der Waals surface area contributed by atoms with Crippen molar-refractivity contribution >= 4 is 63.0 Å². The van der Waals surface area contributed by atoms with Crippen LogP contribution in [0.25, 0.3) is 0 Å². The maximum Gasteiger partial charge on any atom is 0.274 e. The largest absolute Gasteiger partial charge is 0.320 e. The minimum Gasteiger partial charge on any atom is -0.320 e. The van der Waals surface area contributed by atoms with E-state index in [0.717, 1.165) is 9.37 Å². The molecule has 30 heavy (non-hydrogen) atoms. The molecule has 1 heterocycles. The molecule has 0 unspecified atom stereocenters. The predicted molar refractivity (Wildman–Crippen MR) is 119 cm³/mol. The molecule has 3 amide bonds. The van der Waals surface area contributed by atoms with Gasteiger partial charge in [0.1, 0.15) is 5.69 Å². The first-order valence-corrected chi connectivity index (χ1v) is 10.2. The quantitative estimate of drug-likeness (QED) is 0.466. The Labute approximate surface area is 190 Å². The van der Waals surface area contributed by atoms with Gasteiger partial charge in [-0.1, -0.05) is 45.2 Å². The lowest BCUT2D eigenvalue weighted by Gasteiger charge is -2.19. The molecule has 0 saturated heterocycles. The van der Waals surface area contributed by atoms with Gasteiger partial charge in [0.2, 0.25) is 6.41 Å². The molecule has 0 aliphatic carbocycles. The van der Waals surface area contributed by atoms with Gasteiger partial charge in [-0.25, -0.2) is 0 Å². The second-order valence-electron chi connectivity index (χ2n) is 6.13. The average Bonchev–Trinajstić information content (AvgIpc) is 2.74. The zero-order valence-corrected chi connectivity index (χ0v) is 18.4. The topological polar surface area (TPSA) is 79.4 Å². The SMILES string of the molecule is O=CN(Cc1cc(Br)ccc1NC(=O)c1ccccn1)C(=O)c1ccc(Cl)cc1Cl. The highest BCUT2D eigenvalue weighted by molar-refractivity contribution is 9.10. The lowest BCUT2D eigenvalue weighted by atomic mass is 10.1. The third-order valence-corrected chi connectivity index (χ3v) is 5.14. The standard InChI is InChI=1S/C21H14BrCl2N3O3/c22-14-4-7-18(26-20(29)19-3-1-2-8-25-19)13(9-14)11-27(12-28)21(30)16-6-5-15(23)10-17(16)24/h1-10,12H,11H2,(H,26,29). The Kier molecular flexibility index (Phi) is 7.20. The van der Waals surface area contributed by atoms with Gasteiger partial charge in [0.25, 0.3) is 11.8 Å². The Hall–Kier alpha value is -2.74. The van der Waals surface area contributed by atoms with Gasteiger partial charge in [0.15, 0.2) is 0 Å². The van der Waals surface area contributed by atoms with Crippen molar-refractivity contribution in [2.24, 2.45) is 0 Å². The second kappa shape index (κ2) is 9.84. The summed E-state index contributed by atoms with van der Waals surface area (Å²) in [5.41, 5.74) is 1.36. The molecule has 2 aromatic carbocycles. The van der Waals surface area contributed by atoms with E-state index in [4.69, 9.17) is 23.2 Å². The molecule has 3 aromatic rings. The summed E-state index contributed by atoms with van der Waals surface area (Å²) in [7, 11) is 0. The normalized spacial score (nSPS) is 10.4. The van der Waals surface area contributed by atoms with Crippen LogP contribution in [0.15, 0.2) is 65.3 Å². The van der Waals surface area contributed by atoms with Crippen LogP contribution in [0.3, 0.4) is 0 Å². The van der Waals surface area contributed by atoms with Crippen LogP contribution in [0.2, 0.25) is 10.0 Å². The van der Waals surface area contributed by atoms with E-state index >= 15 is 0 Å². The van der Waals surface area contributed by atoms with Gasteiger partial charge in [-0.15, -0.1) is 0 Å². The van der Waals surface area contributed by atoms with Gasteiger partial charge in [-0.05, 0) is 54.1 Å². The molecule has 6 nitrogen and oxygen atoms in total. The van der Waals surface area contributed by atoms with Crippen LogP contribution in [-0.4, -0.2) is 28.1 Å². The number of aromatic nitrogens is 1. The Morgan fingerprint density at radius 1 is 1.10 bits per heavy atom. The number of nitrogens with one attached hydrogen (secondary N) is 1. The number of halogens is 3. The van der Waals surface area contributed by atoms with Crippen LogP contribution in [0.4, 0.5) is 5.69 Å². The summed E-state index contributed by atoms with van der Waals surface area (Å²) in [5.74, 6) is -1.00. The summed E-state index contributed by atoms with van der Waals surface area (Å²) in [5, 5.41) is 3.27. The molecule has 0 fully saturated rings. The molecular formula is C21H14BrCl2N3O3. The smallest absolute Gasteiger partial charge is 0.274 e. The molecular weight excluding hydrogens is 493 g/mol. The summed E-state index contributed by atoms with van der Waals surface area (Å²) < 4.78 is 0.719. The number of hydrogen-bond donors (Lipinski definition) is 1. The number of amides is 3. The van der Waals surface area contributed by atoms with E-state index in [1.165, 1.54) is 24.4 Å². The molecule has 0 saturated carbocycles. The van der Waals surface area contributed by atoms with E-state index in [-0.39, 0.29) is 22.8 Å². The number of nitrogens with zero attached hydrogens (tertiary/aromatic N) is 2. The number of anilines is 1. The first-order valence-electron chi connectivity index (χ1n) is 8.61. The van der Waals surface area contributed by atoms with Gasteiger partial charge < -0.3 is 5.32 Å². The Morgan fingerprint density at radius 2 is 1.90 bits per heavy atom. The van der Waals surface area contributed by atoms with Crippen molar-refractivity contribution in [1.29, 1.82) is 0 Å². The maximum atomic E-state index is 12.8. The van der Waals surface area contributed by atoms with Gasteiger partial charge in [-0.2, -0.15) is 0 Å². The van der Waals surface area contributed by atoms with Crippen molar-refractivity contribution in [2.45, 2.75) is 6.54 Å². The van der Waals surface area contributed by atoms with Gasteiger partial charge in [0, 0.05) is 21.4 Å². The summed E-state index contributed by atoms with van der Waals surface area (Å²) in [6.07, 6.45) is 1.93. The van der Waals surface area contributed by atoms with Crippen molar-refractivity contribution in [2.75, 3.05) is 5.32 Å². The molecule has 3 rings (SSSR count). The lowest BCUT2D eigenvalue weighted by Crippen LogP contribution is -2.30. The van der Waals surface area contributed by atoms with Gasteiger partial charge in [-0.3, -0.25) is 24.3 Å². The number of imide groups is 1. The summed E-state index contributed by atoms with van der Waals surface area (Å²) in [4.78, 5) is 41.9. The van der Waals surface area contributed by atoms with Crippen LogP contribution in [0, 0.1) is 0 Å². The monoisotopic (exact) mass is 505 g/mol. The Morgan fingerprint density at radius 3 is 2.57 bits per heavy atom. The van der Waals surface area contributed by atoms with Crippen LogP contribution in [0.5, 0.6) is 0 Å². The number of benzene rings is 2. The van der Waals surface area contributed by atoms with Crippen LogP contribution >= 0.6 is 39.1 Å². The van der Waals surface area contributed by atoms with E-state index < -0.39 is 11.8 Å². The molecule has 1 N–H and O–H groups in total. The molecule has 0 bridgehead atoms. The average molecular weight is 507 g/mol. The number of rotatable bonds is 6. The minimum absolute atomic E-state index is 0.0848. The first-order chi connectivity index (χ1) is 14.4. The molecule has 0 atom stereocenters. The van der Waals surface area contributed by atoms with E-state index in [1.54, 1.807) is 36.4 Å². The molecule has 152 valence electrons. The molecule has 0 aliphatic rings. The highest BCUT2D eigenvalue weighted by Gasteiger charge is 2.20. The number of carbonyl (C=O) groups is 3. The van der Waals surface area contributed by atoms with Crippen molar-refractivity contribution < 1.29 is 14.4 Å². The molecule has 9 heteroatoms. The van der Waals surface area contributed by atoms with Crippen molar-refractivity contribution in [1.82, 2.24) is 9.88 Å². The molecule has 1 aromatic heterocycles. The first kappa shape index (κ1) is 22.0. The third-order valence-electron chi connectivity index (χ3n) is 4.10. The number of pyridine rings is 1. The Bertz CT molecular complexity index is 1110. The van der Waals surface area contributed by atoms with E-state index in [9.17, 15) is 14.4 Å². The number of carbonyl (C=O) groups excluding carboxylic acids is 3. The highest BCUT2D eigenvalue weighted by Crippen LogP contribution is 2.26. The fraction of sp³-hybridized carbons (Fsp3) is 0.0476. The third kappa shape index (κ3) is 5.24. The van der Waals surface area contributed by atoms with Gasteiger partial charge >= 0.3 is 0 Å². The van der Waals surface area contributed by atoms with Gasteiger partial charge in [0.05, 0.1) is 17.1 Å². The summed E-state index contributed by atoms with van der Waals surface area (Å²) in [6.45, 7) is -0.0848. The zero-order chi connectivity index (χ0) is 21.7. The lowest BCUT2D eigenvalue weighted by molar-refractivity contribution is -0.116. The van der Waals surface area contributed by atoms with Crippen molar-refractivity contribution in [3.05, 3.63) is 92.1 Å². The predicted octanol–water partition coefficient (Wildman–Crippen LogP) is 5.20. The van der Waals surface area contributed by atoms with Crippen LogP contribution in [0.1, 0.15) is 26.4 Å². The van der Waals surface area contributed by atoms with Crippen molar-refractivity contribution in [3.8, 4) is 0 Å². The van der Waals surface area contributed by atoms with E-state index in [2.05, 4.69) is 26.2 Å². The summed E-state index contributed by atoms with van der Waals surface area (Å²) >= 11 is 15.3. The fourth-order valence-corrected chi connectivity index (χ4v) is 3.55. The molecule has 0 aliphatic heterocycles. The van der Waals surface area contributed by atoms with E-state index in [1.807, 2.05) is 0 Å². The minimum atomic E-state index is -0.589. The maximum absolute atomic E-state index is 12.8. The zero-order valence-electron chi connectivity index (χ0n) is 15.3. The van der Waals surface area contributed by atoms with E-state index in [0.29, 0.717) is 22.7 Å². The highest BCUT2D eigenvalue weighted by atomic mass is 79.9. The summed E-state index contributed by atoms with van der Waals surface area (Å²) in [6, 6.07) is 14.5. The van der Waals surface area contributed by atoms with Crippen LogP contribution in [-0.2, 0) is 11.3 Å². The second-order valence-corrected chi connectivity index (χ2v) is 7.89. The van der Waals surface area contributed by atoms with Crippen molar-refractivity contribution in [3.63, 3.8) is 0 Å². The number of hydrogen-bond acceptors (Lipinski definition) is 4. The Balaban J connectivity index is 1.87. The molecule has 0 radical (unpaired) electrons. The molecule has 0 spiro atoms. The van der Waals surface area contributed by atoms with Crippen LogP contribution < -0.4 is 5.32 Å².